The van der Waals surface area contributed by atoms with E-state index in [1.807, 2.05) is 37.1 Å². The molecule has 0 aliphatic rings. The Morgan fingerprint density at radius 3 is 2.30 bits per heavy atom. The van der Waals surface area contributed by atoms with Gasteiger partial charge in [-0.15, -0.1) is 0 Å². The quantitative estimate of drug-likeness (QED) is 0.722. The van der Waals surface area contributed by atoms with Crippen molar-refractivity contribution in [1.82, 2.24) is 4.90 Å². The summed E-state index contributed by atoms with van der Waals surface area (Å²) >= 11 is 0. The van der Waals surface area contributed by atoms with Crippen LogP contribution >= 0.6 is 0 Å². The van der Waals surface area contributed by atoms with Crippen LogP contribution in [0, 0.1) is 0 Å². The van der Waals surface area contributed by atoms with Gasteiger partial charge < -0.3 is 14.8 Å². The number of Topliss-reactive ketones (excluding diaryl/α,β-unsaturated/α-hetero) is 1. The molecule has 2 rings (SSSR count). The van der Waals surface area contributed by atoms with Gasteiger partial charge >= 0.3 is 0 Å². The molecule has 0 spiro atoms. The molecule has 0 bridgehead atoms. The van der Waals surface area contributed by atoms with Crippen LogP contribution in [-0.4, -0.2) is 43.9 Å². The van der Waals surface area contributed by atoms with E-state index in [0.29, 0.717) is 23.5 Å². The zero-order valence-electron chi connectivity index (χ0n) is 16.4. The molecule has 6 nitrogen and oxygen atoms in total. The molecule has 0 fully saturated rings. The zero-order chi connectivity index (χ0) is 20.0. The zero-order valence-corrected chi connectivity index (χ0v) is 16.4. The number of methoxy groups -OCH3 is 2. The molecule has 1 amide bonds. The standard InChI is InChI=1S/C21H26N2O4/c1-14(21(25)22-18-9-6-16(7-10-18)15(2)24)23(3)13-17-8-11-19(26-4)12-20(17)27-5/h6-12,14H,13H2,1-5H3,(H,22,25). The van der Waals surface area contributed by atoms with Gasteiger partial charge in [0.15, 0.2) is 5.78 Å². The van der Waals surface area contributed by atoms with Crippen LogP contribution in [-0.2, 0) is 11.3 Å². The van der Waals surface area contributed by atoms with Crippen LogP contribution in [0.1, 0.15) is 29.8 Å². The summed E-state index contributed by atoms with van der Waals surface area (Å²) in [4.78, 5) is 25.8. The number of hydrogen-bond donors (Lipinski definition) is 1. The highest BCUT2D eigenvalue weighted by molar-refractivity contribution is 5.96. The summed E-state index contributed by atoms with van der Waals surface area (Å²) in [5.41, 5.74) is 2.24. The van der Waals surface area contributed by atoms with E-state index in [1.165, 1.54) is 6.92 Å². The maximum Gasteiger partial charge on any atom is 0.241 e. The van der Waals surface area contributed by atoms with E-state index >= 15 is 0 Å². The van der Waals surface area contributed by atoms with E-state index in [-0.39, 0.29) is 17.7 Å². The van der Waals surface area contributed by atoms with Crippen molar-refractivity contribution >= 4 is 17.4 Å². The average Bonchev–Trinajstić information content (AvgIpc) is 2.67. The van der Waals surface area contributed by atoms with Crippen molar-refractivity contribution in [2.75, 3.05) is 26.6 Å². The topological polar surface area (TPSA) is 67.9 Å². The first-order valence-corrected chi connectivity index (χ1v) is 8.68. The third-order valence-corrected chi connectivity index (χ3v) is 4.51. The van der Waals surface area contributed by atoms with Gasteiger partial charge in [0.05, 0.1) is 20.3 Å². The fourth-order valence-electron chi connectivity index (χ4n) is 2.62. The van der Waals surface area contributed by atoms with Gasteiger partial charge in [-0.05, 0) is 51.2 Å². The van der Waals surface area contributed by atoms with Gasteiger partial charge in [-0.25, -0.2) is 0 Å². The lowest BCUT2D eigenvalue weighted by atomic mass is 10.1. The largest absolute Gasteiger partial charge is 0.497 e. The van der Waals surface area contributed by atoms with E-state index in [4.69, 9.17) is 9.47 Å². The van der Waals surface area contributed by atoms with Crippen molar-refractivity contribution in [2.24, 2.45) is 0 Å². The normalized spacial score (nSPS) is 11.8. The second kappa shape index (κ2) is 9.19. The molecule has 2 aromatic carbocycles. The molecule has 27 heavy (non-hydrogen) atoms. The number of carbonyl (C=O) groups is 2. The molecule has 0 aromatic heterocycles. The number of nitrogens with zero attached hydrogens (tertiary/aromatic N) is 1. The first kappa shape index (κ1) is 20.5. The molecule has 2 aromatic rings. The van der Waals surface area contributed by atoms with Crippen molar-refractivity contribution in [3.8, 4) is 11.5 Å². The molecule has 6 heteroatoms. The van der Waals surface area contributed by atoms with Crippen molar-refractivity contribution in [3.63, 3.8) is 0 Å². The van der Waals surface area contributed by atoms with Crippen molar-refractivity contribution < 1.29 is 19.1 Å². The molecule has 1 N–H and O–H groups in total. The predicted octanol–water partition coefficient (Wildman–Crippen LogP) is 3.37. The third-order valence-electron chi connectivity index (χ3n) is 4.51. The molecular formula is C21H26N2O4. The summed E-state index contributed by atoms with van der Waals surface area (Å²) in [6, 6.07) is 12.1. The lowest BCUT2D eigenvalue weighted by Crippen LogP contribution is -2.39. The Hall–Kier alpha value is -2.86. The number of benzene rings is 2. The van der Waals surface area contributed by atoms with Gasteiger partial charge in [0.1, 0.15) is 11.5 Å². The van der Waals surface area contributed by atoms with Crippen LogP contribution in [0.15, 0.2) is 42.5 Å². The number of carbonyl (C=O) groups excluding carboxylic acids is 2. The highest BCUT2D eigenvalue weighted by Crippen LogP contribution is 2.26. The highest BCUT2D eigenvalue weighted by atomic mass is 16.5. The van der Waals surface area contributed by atoms with E-state index in [1.54, 1.807) is 38.5 Å². The summed E-state index contributed by atoms with van der Waals surface area (Å²) in [6.07, 6.45) is 0. The van der Waals surface area contributed by atoms with Gasteiger partial charge in [0.25, 0.3) is 0 Å². The van der Waals surface area contributed by atoms with Crippen LogP contribution in [0.4, 0.5) is 5.69 Å². The molecule has 0 aliphatic carbocycles. The Kier molecular flexibility index (Phi) is 6.96. The minimum Gasteiger partial charge on any atom is -0.497 e. The minimum absolute atomic E-state index is 0.00517. The summed E-state index contributed by atoms with van der Waals surface area (Å²) in [5.74, 6) is 1.31. The minimum atomic E-state index is -0.357. The number of ketones is 1. The Labute approximate surface area is 160 Å². The van der Waals surface area contributed by atoms with Crippen LogP contribution < -0.4 is 14.8 Å². The van der Waals surface area contributed by atoms with Gasteiger partial charge in [0, 0.05) is 29.4 Å². The Morgan fingerprint density at radius 2 is 1.74 bits per heavy atom. The lowest BCUT2D eigenvalue weighted by Gasteiger charge is -2.25. The van der Waals surface area contributed by atoms with E-state index in [9.17, 15) is 9.59 Å². The maximum atomic E-state index is 12.5. The first-order valence-electron chi connectivity index (χ1n) is 8.68. The SMILES string of the molecule is COc1ccc(CN(C)C(C)C(=O)Nc2ccc(C(C)=O)cc2)c(OC)c1. The third kappa shape index (κ3) is 5.31. The second-order valence-electron chi connectivity index (χ2n) is 6.39. The smallest absolute Gasteiger partial charge is 0.241 e. The molecule has 0 saturated heterocycles. The highest BCUT2D eigenvalue weighted by Gasteiger charge is 2.20. The van der Waals surface area contributed by atoms with E-state index in [0.717, 1.165) is 11.3 Å². The maximum absolute atomic E-state index is 12.5. The molecule has 1 atom stereocenters. The average molecular weight is 370 g/mol. The van der Waals surface area contributed by atoms with Crippen molar-refractivity contribution in [3.05, 3.63) is 53.6 Å². The molecule has 0 aliphatic heterocycles. The molecule has 0 radical (unpaired) electrons. The Morgan fingerprint density at radius 1 is 1.07 bits per heavy atom. The molecule has 144 valence electrons. The second-order valence-corrected chi connectivity index (χ2v) is 6.39. The number of rotatable bonds is 8. The summed E-state index contributed by atoms with van der Waals surface area (Å²) in [6.45, 7) is 3.90. The van der Waals surface area contributed by atoms with E-state index in [2.05, 4.69) is 5.32 Å². The fraction of sp³-hybridized carbons (Fsp3) is 0.333. The molecular weight excluding hydrogens is 344 g/mol. The number of likely N-dealkylation sites (N-methyl/N-ethyl adjacent to an activating group) is 1. The monoisotopic (exact) mass is 370 g/mol. The fourth-order valence-corrected chi connectivity index (χ4v) is 2.62. The van der Waals surface area contributed by atoms with Gasteiger partial charge in [0.2, 0.25) is 5.91 Å². The van der Waals surface area contributed by atoms with Crippen LogP contribution in [0.3, 0.4) is 0 Å². The van der Waals surface area contributed by atoms with Crippen LogP contribution in [0.5, 0.6) is 11.5 Å². The Bertz CT molecular complexity index is 802. The lowest BCUT2D eigenvalue weighted by molar-refractivity contribution is -0.120. The van der Waals surface area contributed by atoms with Gasteiger partial charge in [-0.2, -0.15) is 0 Å². The number of amides is 1. The van der Waals surface area contributed by atoms with Crippen molar-refractivity contribution in [1.29, 1.82) is 0 Å². The first-order chi connectivity index (χ1) is 12.8. The summed E-state index contributed by atoms with van der Waals surface area (Å²) in [7, 11) is 5.10. The van der Waals surface area contributed by atoms with Crippen LogP contribution in [0.25, 0.3) is 0 Å². The number of anilines is 1. The molecule has 0 heterocycles. The predicted molar refractivity (Wildman–Crippen MR) is 106 cm³/mol. The van der Waals surface area contributed by atoms with Crippen LogP contribution in [0.2, 0.25) is 0 Å². The molecule has 1 unspecified atom stereocenters. The summed E-state index contributed by atoms with van der Waals surface area (Å²) < 4.78 is 10.6. The van der Waals surface area contributed by atoms with Gasteiger partial charge in [-0.1, -0.05) is 6.07 Å². The van der Waals surface area contributed by atoms with Gasteiger partial charge in [-0.3, -0.25) is 14.5 Å². The van der Waals surface area contributed by atoms with E-state index < -0.39 is 0 Å². The number of nitrogens with one attached hydrogen (secondary N) is 1. The van der Waals surface area contributed by atoms with Crippen molar-refractivity contribution in [2.45, 2.75) is 26.4 Å². The number of hydrogen-bond acceptors (Lipinski definition) is 5. The number of ether oxygens (including phenoxy) is 2. The molecule has 0 saturated carbocycles. The Balaban J connectivity index is 2.02. The summed E-state index contributed by atoms with van der Waals surface area (Å²) in [5, 5.41) is 2.88.